The first kappa shape index (κ1) is 15.2. The monoisotopic (exact) mass is 309 g/mol. The van der Waals surface area contributed by atoms with E-state index in [0.717, 1.165) is 29.7 Å². The molecule has 5 heteroatoms. The molecule has 22 heavy (non-hydrogen) atoms. The van der Waals surface area contributed by atoms with Gasteiger partial charge in [-0.05, 0) is 36.8 Å². The Hall–Kier alpha value is -1.75. The Morgan fingerprint density at radius 2 is 1.82 bits per heavy atom. The molecule has 0 bridgehead atoms. The fourth-order valence-corrected chi connectivity index (χ4v) is 2.69. The average molecular weight is 309 g/mol. The van der Waals surface area contributed by atoms with E-state index in [9.17, 15) is 13.2 Å². The number of nitrogens with zero attached hydrogens (tertiary/aromatic N) is 1. The second-order valence-corrected chi connectivity index (χ2v) is 5.77. The smallest absolute Gasteiger partial charge is 0.392 e. The maximum atomic E-state index is 13.1. The first-order chi connectivity index (χ1) is 10.5. The molecule has 1 aromatic carbocycles. The van der Waals surface area contributed by atoms with Crippen LogP contribution in [0.15, 0.2) is 42.1 Å². The minimum Gasteiger partial charge on any atom is -0.392 e. The maximum Gasteiger partial charge on any atom is 0.414 e. The van der Waals surface area contributed by atoms with Gasteiger partial charge in [0.2, 0.25) is 0 Å². The van der Waals surface area contributed by atoms with Crippen molar-refractivity contribution in [3.05, 3.63) is 53.2 Å². The van der Waals surface area contributed by atoms with Gasteiger partial charge >= 0.3 is 6.18 Å². The summed E-state index contributed by atoms with van der Waals surface area (Å²) in [7, 11) is 0. The molecule has 1 heterocycles. The van der Waals surface area contributed by atoms with E-state index in [4.69, 9.17) is 5.11 Å². The fourth-order valence-electron chi connectivity index (χ4n) is 2.69. The summed E-state index contributed by atoms with van der Waals surface area (Å²) >= 11 is 0. The third-order valence-electron chi connectivity index (χ3n) is 4.06. The lowest BCUT2D eigenvalue weighted by molar-refractivity contribution is -0.0946. The molecule has 1 aliphatic carbocycles. The Morgan fingerprint density at radius 1 is 1.14 bits per heavy atom. The number of alkyl halides is 3. The Kier molecular flexibility index (Phi) is 4.00. The highest BCUT2D eigenvalue weighted by Crippen LogP contribution is 2.40. The fraction of sp³-hybridized carbons (Fsp3) is 0.412. The van der Waals surface area contributed by atoms with Crippen molar-refractivity contribution in [2.45, 2.75) is 44.5 Å². The van der Waals surface area contributed by atoms with E-state index in [0.29, 0.717) is 6.42 Å². The molecule has 3 rings (SSSR count). The van der Waals surface area contributed by atoms with Crippen molar-refractivity contribution in [1.29, 1.82) is 0 Å². The molecule has 1 aromatic rings. The van der Waals surface area contributed by atoms with E-state index in [1.807, 2.05) is 18.2 Å². The Bertz CT molecular complexity index is 597. The number of allylic oxidation sites excluding steroid dienone is 2. The minimum absolute atomic E-state index is 0.0188. The van der Waals surface area contributed by atoms with E-state index >= 15 is 0 Å². The van der Waals surface area contributed by atoms with E-state index in [2.05, 4.69) is 0 Å². The lowest BCUT2D eigenvalue weighted by Gasteiger charge is -2.24. The lowest BCUT2D eigenvalue weighted by atomic mass is 10.1. The number of rotatable bonds is 3. The molecule has 0 unspecified atom stereocenters. The quantitative estimate of drug-likeness (QED) is 0.903. The van der Waals surface area contributed by atoms with E-state index in [-0.39, 0.29) is 19.1 Å². The number of aliphatic hydroxyl groups excluding tert-OH is 1. The van der Waals surface area contributed by atoms with Gasteiger partial charge in [0.1, 0.15) is 0 Å². The SMILES string of the molecule is OCc1ccc(C2=CCCC(C(F)(F)F)=CN2C2CC2)cc1. The molecule has 0 spiro atoms. The molecule has 118 valence electrons. The highest BCUT2D eigenvalue weighted by atomic mass is 19.4. The molecule has 0 radical (unpaired) electrons. The van der Waals surface area contributed by atoms with Crippen molar-refractivity contribution in [2.24, 2.45) is 0 Å². The first-order valence-corrected chi connectivity index (χ1v) is 7.45. The van der Waals surface area contributed by atoms with Crippen LogP contribution < -0.4 is 0 Å². The van der Waals surface area contributed by atoms with E-state index < -0.39 is 11.7 Å². The van der Waals surface area contributed by atoms with Crippen LogP contribution >= 0.6 is 0 Å². The van der Waals surface area contributed by atoms with Gasteiger partial charge in [-0.1, -0.05) is 30.3 Å². The van der Waals surface area contributed by atoms with Gasteiger partial charge in [0.05, 0.1) is 6.61 Å². The second-order valence-electron chi connectivity index (χ2n) is 5.77. The van der Waals surface area contributed by atoms with Gasteiger partial charge in [0.15, 0.2) is 0 Å². The summed E-state index contributed by atoms with van der Waals surface area (Å²) in [5.74, 6) is 0. The van der Waals surface area contributed by atoms with Crippen LogP contribution in [0, 0.1) is 0 Å². The van der Waals surface area contributed by atoms with Crippen molar-refractivity contribution in [3.8, 4) is 0 Å². The zero-order valence-corrected chi connectivity index (χ0v) is 12.1. The van der Waals surface area contributed by atoms with Crippen LogP contribution in [0.4, 0.5) is 13.2 Å². The molecule has 0 saturated heterocycles. The molecule has 2 aliphatic rings. The second kappa shape index (κ2) is 5.80. The van der Waals surface area contributed by atoms with E-state index in [1.54, 1.807) is 17.0 Å². The highest BCUT2D eigenvalue weighted by Gasteiger charge is 2.37. The predicted molar refractivity (Wildman–Crippen MR) is 78.6 cm³/mol. The number of aliphatic hydroxyl groups is 1. The third kappa shape index (κ3) is 3.19. The molecule has 1 N–H and O–H groups in total. The number of hydrogen-bond acceptors (Lipinski definition) is 2. The van der Waals surface area contributed by atoms with E-state index in [1.165, 1.54) is 6.20 Å². The van der Waals surface area contributed by atoms with Gasteiger partial charge in [-0.25, -0.2) is 0 Å². The van der Waals surface area contributed by atoms with Crippen molar-refractivity contribution in [3.63, 3.8) is 0 Å². The third-order valence-corrected chi connectivity index (χ3v) is 4.06. The maximum absolute atomic E-state index is 13.1. The highest BCUT2D eigenvalue weighted by molar-refractivity contribution is 5.66. The van der Waals surface area contributed by atoms with Gasteiger partial charge < -0.3 is 10.0 Å². The van der Waals surface area contributed by atoms with Crippen molar-refractivity contribution in [2.75, 3.05) is 0 Å². The topological polar surface area (TPSA) is 23.5 Å². The standard InChI is InChI=1S/C17H18F3NO/c18-17(19,20)14-2-1-3-16(21(10-14)15-8-9-15)13-6-4-12(11-22)5-7-13/h3-7,10,15,22H,1-2,8-9,11H2. The molecule has 1 aliphatic heterocycles. The summed E-state index contributed by atoms with van der Waals surface area (Å²) in [5.41, 5.74) is 2.06. The van der Waals surface area contributed by atoms with Gasteiger partial charge in [0, 0.05) is 23.5 Å². The van der Waals surface area contributed by atoms with Gasteiger partial charge in [-0.15, -0.1) is 0 Å². The van der Waals surface area contributed by atoms with Crippen LogP contribution in [0.5, 0.6) is 0 Å². The molecule has 0 amide bonds. The molecule has 0 aromatic heterocycles. The van der Waals surface area contributed by atoms with Crippen LogP contribution in [0.1, 0.15) is 36.8 Å². The number of benzene rings is 1. The number of halogens is 3. The molecule has 1 fully saturated rings. The molecule has 0 atom stereocenters. The Balaban J connectivity index is 1.94. The summed E-state index contributed by atoms with van der Waals surface area (Å²) in [6.07, 6.45) is 1.16. The zero-order valence-electron chi connectivity index (χ0n) is 12.1. The van der Waals surface area contributed by atoms with Crippen LogP contribution in [-0.2, 0) is 6.61 Å². The van der Waals surface area contributed by atoms with Crippen LogP contribution in [0.3, 0.4) is 0 Å². The van der Waals surface area contributed by atoms with Crippen molar-refractivity contribution in [1.82, 2.24) is 4.90 Å². The molecular formula is C17H18F3NO. The molecule has 1 saturated carbocycles. The average Bonchev–Trinajstić information content (AvgIpc) is 3.31. The van der Waals surface area contributed by atoms with Gasteiger partial charge in [-0.3, -0.25) is 0 Å². The van der Waals surface area contributed by atoms with Crippen LogP contribution in [0.2, 0.25) is 0 Å². The minimum atomic E-state index is -4.27. The van der Waals surface area contributed by atoms with Crippen molar-refractivity contribution < 1.29 is 18.3 Å². The summed E-state index contributed by atoms with van der Waals surface area (Å²) in [5, 5.41) is 9.10. The van der Waals surface area contributed by atoms with Crippen LogP contribution in [0.25, 0.3) is 5.70 Å². The summed E-state index contributed by atoms with van der Waals surface area (Å²) in [6, 6.07) is 7.50. The van der Waals surface area contributed by atoms with Crippen molar-refractivity contribution >= 4 is 5.70 Å². The largest absolute Gasteiger partial charge is 0.414 e. The zero-order chi connectivity index (χ0) is 15.7. The normalized spacial score (nSPS) is 19.5. The predicted octanol–water partition coefficient (Wildman–Crippen LogP) is 4.22. The molecular weight excluding hydrogens is 291 g/mol. The first-order valence-electron chi connectivity index (χ1n) is 7.45. The molecule has 2 nitrogen and oxygen atoms in total. The van der Waals surface area contributed by atoms with Crippen LogP contribution in [-0.4, -0.2) is 22.2 Å². The van der Waals surface area contributed by atoms with Gasteiger partial charge in [-0.2, -0.15) is 13.2 Å². The number of hydrogen-bond donors (Lipinski definition) is 1. The summed E-state index contributed by atoms with van der Waals surface area (Å²) in [4.78, 5) is 1.78. The Labute approximate surface area is 127 Å². The summed E-state index contributed by atoms with van der Waals surface area (Å²) in [6.45, 7) is -0.0379. The summed E-state index contributed by atoms with van der Waals surface area (Å²) < 4.78 is 39.2. The Morgan fingerprint density at radius 3 is 2.36 bits per heavy atom. The van der Waals surface area contributed by atoms with Gasteiger partial charge in [0.25, 0.3) is 0 Å². The lowest BCUT2D eigenvalue weighted by Crippen LogP contribution is -2.21.